The van der Waals surface area contributed by atoms with Crippen LogP contribution in [-0.4, -0.2) is 72.0 Å². The van der Waals surface area contributed by atoms with Crippen molar-refractivity contribution in [3.63, 3.8) is 0 Å². The number of hydrogen-bond donors (Lipinski definition) is 2. The number of carbonyl (C=O) groups excluding carboxylic acids is 2. The molecule has 1 saturated heterocycles. The summed E-state index contributed by atoms with van der Waals surface area (Å²) < 4.78 is 0. The summed E-state index contributed by atoms with van der Waals surface area (Å²) in [5.41, 5.74) is 0. The molecule has 0 aromatic carbocycles. The van der Waals surface area contributed by atoms with Crippen molar-refractivity contribution in [3.05, 3.63) is 0 Å². The Morgan fingerprint density at radius 3 is 2.52 bits per heavy atom. The second kappa shape index (κ2) is 8.61. The van der Waals surface area contributed by atoms with Gasteiger partial charge in [0, 0.05) is 39.5 Å². The van der Waals surface area contributed by atoms with Crippen LogP contribution < -0.4 is 5.32 Å². The fraction of sp³-hybridized carbons (Fsp3) is 0.786. The lowest BCUT2D eigenvalue weighted by molar-refractivity contribution is -0.147. The van der Waals surface area contributed by atoms with Crippen molar-refractivity contribution in [2.45, 2.75) is 38.6 Å². The SMILES string of the molecule is CC(=O)NCCCCCC(=O)N1CCN(C)[C@H](C(=O)O)C1. The molecule has 0 aliphatic carbocycles. The van der Waals surface area contributed by atoms with E-state index in [0.29, 0.717) is 26.1 Å². The number of likely N-dealkylation sites (N-methyl/N-ethyl adjacent to an activating group) is 1. The highest BCUT2D eigenvalue weighted by Gasteiger charge is 2.31. The molecule has 21 heavy (non-hydrogen) atoms. The Morgan fingerprint density at radius 2 is 1.90 bits per heavy atom. The first-order chi connectivity index (χ1) is 9.91. The van der Waals surface area contributed by atoms with Crippen molar-refractivity contribution in [1.82, 2.24) is 15.1 Å². The molecule has 1 aliphatic heterocycles. The summed E-state index contributed by atoms with van der Waals surface area (Å²) in [5, 5.41) is 11.8. The first-order valence-corrected chi connectivity index (χ1v) is 7.37. The van der Waals surface area contributed by atoms with Crippen molar-refractivity contribution in [2.24, 2.45) is 0 Å². The number of nitrogens with one attached hydrogen (secondary N) is 1. The minimum atomic E-state index is -0.884. The minimum Gasteiger partial charge on any atom is -0.480 e. The van der Waals surface area contributed by atoms with Crippen LogP contribution in [-0.2, 0) is 14.4 Å². The van der Waals surface area contributed by atoms with Gasteiger partial charge in [0.25, 0.3) is 0 Å². The first-order valence-electron chi connectivity index (χ1n) is 7.37. The average Bonchev–Trinajstić information content (AvgIpc) is 2.42. The van der Waals surface area contributed by atoms with Crippen molar-refractivity contribution >= 4 is 17.8 Å². The van der Waals surface area contributed by atoms with Crippen LogP contribution in [0.2, 0.25) is 0 Å². The van der Waals surface area contributed by atoms with Gasteiger partial charge in [0.2, 0.25) is 11.8 Å². The molecule has 0 bridgehead atoms. The van der Waals surface area contributed by atoms with Gasteiger partial charge in [-0.2, -0.15) is 0 Å². The number of unbranched alkanes of at least 4 members (excludes halogenated alkanes) is 2. The molecule has 7 nitrogen and oxygen atoms in total. The van der Waals surface area contributed by atoms with E-state index in [0.717, 1.165) is 19.3 Å². The van der Waals surface area contributed by atoms with Crippen LogP contribution in [0.1, 0.15) is 32.6 Å². The maximum atomic E-state index is 12.1. The fourth-order valence-corrected chi connectivity index (χ4v) is 2.37. The third-order valence-corrected chi connectivity index (χ3v) is 3.73. The monoisotopic (exact) mass is 299 g/mol. The number of piperazine rings is 1. The van der Waals surface area contributed by atoms with Gasteiger partial charge in [-0.25, -0.2) is 0 Å². The van der Waals surface area contributed by atoms with E-state index in [-0.39, 0.29) is 18.4 Å². The number of carboxylic acid groups (broad SMARTS) is 1. The maximum Gasteiger partial charge on any atom is 0.322 e. The molecule has 1 aliphatic rings. The minimum absolute atomic E-state index is 0.0221. The van der Waals surface area contributed by atoms with Crippen LogP contribution in [0.4, 0.5) is 0 Å². The Morgan fingerprint density at radius 1 is 1.19 bits per heavy atom. The third-order valence-electron chi connectivity index (χ3n) is 3.73. The number of amides is 2. The summed E-state index contributed by atoms with van der Waals surface area (Å²) in [7, 11) is 1.77. The van der Waals surface area contributed by atoms with Crippen LogP contribution >= 0.6 is 0 Å². The zero-order chi connectivity index (χ0) is 15.8. The average molecular weight is 299 g/mol. The summed E-state index contributed by atoms with van der Waals surface area (Å²) in [4.78, 5) is 37.3. The molecule has 1 fully saturated rings. The van der Waals surface area contributed by atoms with E-state index >= 15 is 0 Å². The number of nitrogens with zero attached hydrogens (tertiary/aromatic N) is 2. The first kappa shape index (κ1) is 17.4. The van der Waals surface area contributed by atoms with Gasteiger partial charge in [0.1, 0.15) is 6.04 Å². The van der Waals surface area contributed by atoms with Crippen LogP contribution in [0.15, 0.2) is 0 Å². The molecule has 7 heteroatoms. The van der Waals surface area contributed by atoms with E-state index in [2.05, 4.69) is 5.32 Å². The summed E-state index contributed by atoms with van der Waals surface area (Å²) in [6, 6.07) is -0.609. The summed E-state index contributed by atoms with van der Waals surface area (Å²) in [6.45, 7) is 3.56. The van der Waals surface area contributed by atoms with Crippen LogP contribution in [0.25, 0.3) is 0 Å². The zero-order valence-electron chi connectivity index (χ0n) is 12.8. The summed E-state index contributed by atoms with van der Waals surface area (Å²) in [5.74, 6) is -0.901. The molecule has 120 valence electrons. The van der Waals surface area contributed by atoms with Gasteiger partial charge in [0.15, 0.2) is 0 Å². The molecular weight excluding hydrogens is 274 g/mol. The number of rotatable bonds is 7. The predicted molar refractivity (Wildman–Crippen MR) is 77.8 cm³/mol. The molecule has 1 heterocycles. The number of hydrogen-bond acceptors (Lipinski definition) is 4. The number of carbonyl (C=O) groups is 3. The van der Waals surface area contributed by atoms with Gasteiger partial charge in [-0.15, -0.1) is 0 Å². The fourth-order valence-electron chi connectivity index (χ4n) is 2.37. The van der Waals surface area contributed by atoms with Gasteiger partial charge in [-0.05, 0) is 19.9 Å². The van der Waals surface area contributed by atoms with Crippen LogP contribution in [0.3, 0.4) is 0 Å². The predicted octanol–water partition coefficient (Wildman–Crippen LogP) is -0.0899. The summed E-state index contributed by atoms with van der Waals surface area (Å²) in [6.07, 6.45) is 2.94. The Bertz CT molecular complexity index is 386. The van der Waals surface area contributed by atoms with E-state index in [1.165, 1.54) is 6.92 Å². The molecule has 0 spiro atoms. The highest BCUT2D eigenvalue weighted by molar-refractivity contribution is 5.79. The van der Waals surface area contributed by atoms with Crippen molar-refractivity contribution in [1.29, 1.82) is 0 Å². The van der Waals surface area contributed by atoms with E-state index in [4.69, 9.17) is 5.11 Å². The standard InChI is InChI=1S/C14H25N3O4/c1-11(18)15-7-5-3-4-6-13(19)17-9-8-16(2)12(10-17)14(20)21/h12H,3-10H2,1-2H3,(H,15,18)(H,20,21)/t12-/m0/s1. The smallest absolute Gasteiger partial charge is 0.322 e. The van der Waals surface area contributed by atoms with E-state index in [1.54, 1.807) is 16.8 Å². The molecule has 0 unspecified atom stereocenters. The third kappa shape index (κ3) is 6.12. The van der Waals surface area contributed by atoms with E-state index in [9.17, 15) is 14.4 Å². The summed E-state index contributed by atoms with van der Waals surface area (Å²) >= 11 is 0. The second-order valence-corrected chi connectivity index (χ2v) is 5.47. The highest BCUT2D eigenvalue weighted by Crippen LogP contribution is 2.11. The Hall–Kier alpha value is -1.63. The van der Waals surface area contributed by atoms with Crippen LogP contribution in [0.5, 0.6) is 0 Å². The molecule has 0 saturated carbocycles. The molecule has 1 rings (SSSR count). The second-order valence-electron chi connectivity index (χ2n) is 5.47. The highest BCUT2D eigenvalue weighted by atomic mass is 16.4. The number of aliphatic carboxylic acids is 1. The Balaban J connectivity index is 2.23. The maximum absolute atomic E-state index is 12.1. The molecule has 2 amide bonds. The van der Waals surface area contributed by atoms with Gasteiger partial charge >= 0.3 is 5.97 Å². The van der Waals surface area contributed by atoms with Crippen molar-refractivity contribution < 1.29 is 19.5 Å². The van der Waals surface area contributed by atoms with Gasteiger partial charge in [0.05, 0.1) is 0 Å². The quantitative estimate of drug-likeness (QED) is 0.641. The lowest BCUT2D eigenvalue weighted by Crippen LogP contribution is -2.56. The molecule has 2 N–H and O–H groups in total. The molecule has 1 atom stereocenters. The normalized spacial score (nSPS) is 19.3. The Labute approximate surface area is 125 Å². The van der Waals surface area contributed by atoms with Crippen molar-refractivity contribution in [3.8, 4) is 0 Å². The van der Waals surface area contributed by atoms with Crippen molar-refractivity contribution in [2.75, 3.05) is 33.2 Å². The number of carboxylic acids is 1. The van der Waals surface area contributed by atoms with Gasteiger partial charge in [-0.1, -0.05) is 6.42 Å². The lowest BCUT2D eigenvalue weighted by atomic mass is 10.1. The zero-order valence-corrected chi connectivity index (χ0v) is 12.8. The molecule has 0 radical (unpaired) electrons. The largest absolute Gasteiger partial charge is 0.480 e. The molecule has 0 aromatic rings. The van der Waals surface area contributed by atoms with Gasteiger partial charge < -0.3 is 15.3 Å². The van der Waals surface area contributed by atoms with E-state index < -0.39 is 12.0 Å². The molecule has 0 aromatic heterocycles. The van der Waals surface area contributed by atoms with E-state index in [1.807, 2.05) is 0 Å². The van der Waals surface area contributed by atoms with Gasteiger partial charge in [-0.3, -0.25) is 19.3 Å². The topological polar surface area (TPSA) is 90.0 Å². The lowest BCUT2D eigenvalue weighted by Gasteiger charge is -2.37. The Kier molecular flexibility index (Phi) is 7.14. The van der Waals surface area contributed by atoms with Crippen LogP contribution in [0, 0.1) is 0 Å². The molecular formula is C14H25N3O4.